The molecule has 124 valence electrons. The Bertz CT molecular complexity index is 797. The molecule has 1 aromatic heterocycles. The number of piperazine rings is 1. The first-order valence-electron chi connectivity index (χ1n) is 7.46. The second-order valence-electron chi connectivity index (χ2n) is 5.62. The summed E-state index contributed by atoms with van der Waals surface area (Å²) in [6.45, 7) is 2.66. The molecule has 0 unspecified atom stereocenters. The van der Waals surface area contributed by atoms with Crippen LogP contribution in [0.4, 0.5) is 4.39 Å². The number of H-pyrrole nitrogens is 1. The Balaban J connectivity index is 1.69. The van der Waals surface area contributed by atoms with E-state index in [2.05, 4.69) is 10.2 Å². The van der Waals surface area contributed by atoms with Crippen LogP contribution in [0.1, 0.15) is 21.7 Å². The average Bonchev–Trinajstić information content (AvgIpc) is 3.01. The predicted octanol–water partition coefficient (Wildman–Crippen LogP) is 1.62. The van der Waals surface area contributed by atoms with Crippen molar-refractivity contribution in [2.45, 2.75) is 6.92 Å². The Morgan fingerprint density at radius 3 is 2.58 bits per heavy atom. The Hall–Kier alpha value is -3.03. The second-order valence-corrected chi connectivity index (χ2v) is 5.62. The van der Waals surface area contributed by atoms with Crippen LogP contribution in [-0.4, -0.2) is 57.2 Å². The largest absolute Gasteiger partial charge is 0.329 e. The van der Waals surface area contributed by atoms with E-state index < -0.39 is 5.82 Å². The average molecular weight is 328 g/mol. The summed E-state index contributed by atoms with van der Waals surface area (Å²) in [6.07, 6.45) is 0. The Morgan fingerprint density at radius 1 is 1.29 bits per heavy atom. The number of aryl methyl sites for hydroxylation is 1. The zero-order chi connectivity index (χ0) is 17.3. The number of aromatic amines is 1. The van der Waals surface area contributed by atoms with Crippen molar-refractivity contribution in [3.8, 4) is 0 Å². The number of aromatic nitrogens is 2. The number of hydrogen-bond acceptors (Lipinski definition) is 4. The number of carbonyl (C=O) groups excluding carboxylic acids is 1. The SMILES string of the molecule is Cc1cc(C(=N)N2CCN(C(=O)c3ccc(F)cc3)CC2=N)n[nH]1. The molecule has 1 aromatic carbocycles. The molecule has 24 heavy (non-hydrogen) atoms. The highest BCUT2D eigenvalue weighted by atomic mass is 19.1. The van der Waals surface area contributed by atoms with Crippen LogP contribution >= 0.6 is 0 Å². The summed E-state index contributed by atoms with van der Waals surface area (Å²) < 4.78 is 13.0. The van der Waals surface area contributed by atoms with Gasteiger partial charge in [0.2, 0.25) is 0 Å². The van der Waals surface area contributed by atoms with Gasteiger partial charge in [0.1, 0.15) is 17.3 Å². The van der Waals surface area contributed by atoms with Gasteiger partial charge in [-0.15, -0.1) is 0 Å². The molecule has 1 aliphatic rings. The standard InChI is InChI=1S/C16H17FN6O/c1-10-8-13(21-20-10)15(19)23-7-6-22(9-14(23)18)16(24)11-2-4-12(17)5-3-11/h2-5,8,18-19H,6-7,9H2,1H3,(H,20,21). The van der Waals surface area contributed by atoms with Crippen LogP contribution in [0.15, 0.2) is 30.3 Å². The molecule has 1 aliphatic heterocycles. The van der Waals surface area contributed by atoms with Gasteiger partial charge in [-0.2, -0.15) is 5.10 Å². The summed E-state index contributed by atoms with van der Waals surface area (Å²) >= 11 is 0. The fourth-order valence-corrected chi connectivity index (χ4v) is 2.57. The van der Waals surface area contributed by atoms with Gasteiger partial charge in [0.15, 0.2) is 5.84 Å². The molecule has 1 amide bonds. The third-order valence-electron chi connectivity index (χ3n) is 3.86. The van der Waals surface area contributed by atoms with Gasteiger partial charge >= 0.3 is 0 Å². The smallest absolute Gasteiger partial charge is 0.254 e. The fourth-order valence-electron chi connectivity index (χ4n) is 2.57. The zero-order valence-corrected chi connectivity index (χ0v) is 13.1. The Labute approximate surface area is 138 Å². The molecular weight excluding hydrogens is 311 g/mol. The quantitative estimate of drug-likeness (QED) is 0.577. The summed E-state index contributed by atoms with van der Waals surface area (Å²) in [7, 11) is 0. The van der Waals surface area contributed by atoms with Crippen molar-refractivity contribution in [1.29, 1.82) is 10.8 Å². The minimum Gasteiger partial charge on any atom is -0.329 e. The van der Waals surface area contributed by atoms with E-state index in [9.17, 15) is 9.18 Å². The van der Waals surface area contributed by atoms with Crippen molar-refractivity contribution in [3.63, 3.8) is 0 Å². The van der Waals surface area contributed by atoms with Gasteiger partial charge in [0.25, 0.3) is 5.91 Å². The molecule has 3 rings (SSSR count). The number of nitrogens with one attached hydrogen (secondary N) is 3. The number of carbonyl (C=O) groups is 1. The van der Waals surface area contributed by atoms with E-state index in [0.29, 0.717) is 24.3 Å². The molecule has 0 radical (unpaired) electrons. The van der Waals surface area contributed by atoms with Crippen molar-refractivity contribution < 1.29 is 9.18 Å². The number of amides is 1. The molecule has 1 fully saturated rings. The molecule has 8 heteroatoms. The van der Waals surface area contributed by atoms with E-state index in [0.717, 1.165) is 5.69 Å². The molecular formula is C16H17FN6O. The van der Waals surface area contributed by atoms with Gasteiger partial charge in [-0.3, -0.25) is 20.7 Å². The molecule has 2 aromatic rings. The third kappa shape index (κ3) is 3.03. The summed E-state index contributed by atoms with van der Waals surface area (Å²) in [6, 6.07) is 7.09. The highest BCUT2D eigenvalue weighted by Gasteiger charge is 2.28. The lowest BCUT2D eigenvalue weighted by Crippen LogP contribution is -2.54. The summed E-state index contributed by atoms with van der Waals surface area (Å²) in [5, 5.41) is 23.1. The normalized spacial score (nSPS) is 14.8. The molecule has 0 bridgehead atoms. The minimum absolute atomic E-state index is 0.0992. The van der Waals surface area contributed by atoms with Gasteiger partial charge in [0, 0.05) is 24.3 Å². The molecule has 7 nitrogen and oxygen atoms in total. The highest BCUT2D eigenvalue weighted by molar-refractivity contribution is 6.08. The molecule has 0 spiro atoms. The first kappa shape index (κ1) is 15.9. The molecule has 3 N–H and O–H groups in total. The molecule has 0 saturated carbocycles. The van der Waals surface area contributed by atoms with Gasteiger partial charge in [-0.05, 0) is 37.3 Å². The van der Waals surface area contributed by atoms with Crippen LogP contribution in [0.25, 0.3) is 0 Å². The van der Waals surface area contributed by atoms with E-state index in [-0.39, 0.29) is 24.1 Å². The lowest BCUT2D eigenvalue weighted by Gasteiger charge is -2.36. The number of rotatable bonds is 2. The van der Waals surface area contributed by atoms with Crippen LogP contribution in [0.3, 0.4) is 0 Å². The van der Waals surface area contributed by atoms with E-state index >= 15 is 0 Å². The van der Waals surface area contributed by atoms with E-state index in [4.69, 9.17) is 10.8 Å². The molecule has 0 aliphatic carbocycles. The lowest BCUT2D eigenvalue weighted by molar-refractivity contribution is 0.0757. The van der Waals surface area contributed by atoms with Crippen molar-refractivity contribution in [2.24, 2.45) is 0 Å². The Morgan fingerprint density at radius 2 is 2.00 bits per heavy atom. The number of benzene rings is 1. The Kier molecular flexibility index (Phi) is 4.11. The minimum atomic E-state index is -0.396. The maximum atomic E-state index is 13.0. The van der Waals surface area contributed by atoms with Gasteiger partial charge in [0.05, 0.1) is 6.54 Å². The summed E-state index contributed by atoms with van der Waals surface area (Å²) in [5.74, 6) is -0.353. The molecule has 2 heterocycles. The van der Waals surface area contributed by atoms with E-state index in [1.165, 1.54) is 34.1 Å². The van der Waals surface area contributed by atoms with Crippen LogP contribution < -0.4 is 0 Å². The van der Waals surface area contributed by atoms with Crippen LogP contribution in [0, 0.1) is 23.6 Å². The van der Waals surface area contributed by atoms with E-state index in [1.54, 1.807) is 6.07 Å². The number of amidine groups is 2. The van der Waals surface area contributed by atoms with Crippen LogP contribution in [0.5, 0.6) is 0 Å². The first-order chi connectivity index (χ1) is 11.5. The number of nitrogens with zero attached hydrogens (tertiary/aromatic N) is 3. The first-order valence-corrected chi connectivity index (χ1v) is 7.46. The molecule has 0 atom stereocenters. The van der Waals surface area contributed by atoms with E-state index in [1.807, 2.05) is 6.92 Å². The fraction of sp³-hybridized carbons (Fsp3) is 0.250. The van der Waals surface area contributed by atoms with Crippen LogP contribution in [0.2, 0.25) is 0 Å². The van der Waals surface area contributed by atoms with Crippen molar-refractivity contribution in [1.82, 2.24) is 20.0 Å². The highest BCUT2D eigenvalue weighted by Crippen LogP contribution is 2.13. The second kappa shape index (κ2) is 6.23. The number of hydrogen-bond donors (Lipinski definition) is 3. The monoisotopic (exact) mass is 328 g/mol. The van der Waals surface area contributed by atoms with Crippen molar-refractivity contribution >= 4 is 17.6 Å². The van der Waals surface area contributed by atoms with Gasteiger partial charge < -0.3 is 9.80 Å². The van der Waals surface area contributed by atoms with Crippen LogP contribution in [-0.2, 0) is 0 Å². The maximum absolute atomic E-state index is 13.0. The van der Waals surface area contributed by atoms with Gasteiger partial charge in [-0.1, -0.05) is 0 Å². The van der Waals surface area contributed by atoms with Crippen molar-refractivity contribution in [2.75, 3.05) is 19.6 Å². The third-order valence-corrected chi connectivity index (χ3v) is 3.86. The zero-order valence-electron chi connectivity index (χ0n) is 13.1. The maximum Gasteiger partial charge on any atom is 0.254 e. The van der Waals surface area contributed by atoms with Gasteiger partial charge in [-0.25, -0.2) is 4.39 Å². The van der Waals surface area contributed by atoms with Crippen molar-refractivity contribution in [3.05, 3.63) is 53.1 Å². The predicted molar refractivity (Wildman–Crippen MR) is 86.9 cm³/mol. The lowest BCUT2D eigenvalue weighted by atomic mass is 10.1. The summed E-state index contributed by atoms with van der Waals surface area (Å²) in [5.41, 5.74) is 1.69. The summed E-state index contributed by atoms with van der Waals surface area (Å²) in [4.78, 5) is 15.5. The molecule has 1 saturated heterocycles. The topological polar surface area (TPSA) is 99.9 Å². The number of halogens is 1.